The highest BCUT2D eigenvalue weighted by molar-refractivity contribution is 5.89. The zero-order valence-corrected chi connectivity index (χ0v) is 11.0. The molecule has 0 radical (unpaired) electrons. The van der Waals surface area contributed by atoms with Crippen molar-refractivity contribution in [1.29, 1.82) is 0 Å². The third-order valence-corrected chi connectivity index (χ3v) is 2.35. The van der Waals surface area contributed by atoms with Crippen LogP contribution in [0.2, 0.25) is 0 Å². The Morgan fingerprint density at radius 1 is 1.42 bits per heavy atom. The Morgan fingerprint density at radius 3 is 2.79 bits per heavy atom. The van der Waals surface area contributed by atoms with E-state index in [9.17, 15) is 9.59 Å². The lowest BCUT2D eigenvalue weighted by molar-refractivity contribution is -0.137. The summed E-state index contributed by atoms with van der Waals surface area (Å²) in [6, 6.07) is 6.39. The Balaban J connectivity index is 2.52. The first-order chi connectivity index (χ1) is 9.01. The van der Waals surface area contributed by atoms with Crippen LogP contribution >= 0.6 is 0 Å². The summed E-state index contributed by atoms with van der Waals surface area (Å²) in [5.74, 6) is -0.949. The predicted molar refractivity (Wildman–Crippen MR) is 71.0 cm³/mol. The minimum Gasteiger partial charge on any atom is -0.481 e. The van der Waals surface area contributed by atoms with Crippen LogP contribution in [0.4, 0.5) is 10.5 Å². The number of methoxy groups -OCH3 is 1. The minimum atomic E-state index is -0.949. The molecule has 104 valence electrons. The first kappa shape index (κ1) is 15.0. The zero-order chi connectivity index (χ0) is 14.3. The van der Waals surface area contributed by atoms with E-state index in [-0.39, 0.29) is 6.42 Å². The molecule has 3 N–H and O–H groups in total. The topological polar surface area (TPSA) is 87.7 Å². The molecular weight excluding hydrogens is 248 g/mol. The molecule has 1 rings (SSSR count). The van der Waals surface area contributed by atoms with Gasteiger partial charge in [-0.15, -0.1) is 0 Å². The maximum Gasteiger partial charge on any atom is 0.319 e. The fourth-order valence-electron chi connectivity index (χ4n) is 1.61. The standard InChI is InChI=1S/C13H18N2O4/c1-9(6-12(16)17)14-13(18)15-11-5-3-4-10(7-11)8-19-2/h3-5,7,9H,6,8H2,1-2H3,(H,16,17)(H2,14,15,18). The molecule has 0 aliphatic heterocycles. The summed E-state index contributed by atoms with van der Waals surface area (Å²) >= 11 is 0. The van der Waals surface area contributed by atoms with Crippen molar-refractivity contribution in [3.05, 3.63) is 29.8 Å². The highest BCUT2D eigenvalue weighted by Gasteiger charge is 2.10. The minimum absolute atomic E-state index is 0.114. The molecule has 6 nitrogen and oxygen atoms in total. The number of carboxylic acid groups (broad SMARTS) is 1. The summed E-state index contributed by atoms with van der Waals surface area (Å²) in [5, 5.41) is 13.8. The van der Waals surface area contributed by atoms with Crippen molar-refractivity contribution >= 4 is 17.7 Å². The number of carbonyl (C=O) groups excluding carboxylic acids is 1. The molecule has 0 aliphatic rings. The maximum absolute atomic E-state index is 11.6. The number of carboxylic acids is 1. The zero-order valence-electron chi connectivity index (χ0n) is 11.0. The normalized spacial score (nSPS) is 11.7. The molecule has 2 amide bonds. The predicted octanol–water partition coefficient (Wildman–Crippen LogP) is 1.82. The lowest BCUT2D eigenvalue weighted by atomic mass is 10.2. The van der Waals surface area contributed by atoms with Crippen LogP contribution in [0.5, 0.6) is 0 Å². The van der Waals surface area contributed by atoms with Crippen molar-refractivity contribution < 1.29 is 19.4 Å². The van der Waals surface area contributed by atoms with Crippen LogP contribution in [-0.4, -0.2) is 30.3 Å². The van der Waals surface area contributed by atoms with Gasteiger partial charge in [-0.25, -0.2) is 4.79 Å². The number of aliphatic carboxylic acids is 1. The molecule has 0 saturated carbocycles. The fraction of sp³-hybridized carbons (Fsp3) is 0.385. The fourth-order valence-corrected chi connectivity index (χ4v) is 1.61. The average molecular weight is 266 g/mol. The van der Waals surface area contributed by atoms with Gasteiger partial charge >= 0.3 is 12.0 Å². The molecule has 0 aromatic heterocycles. The molecule has 0 saturated heterocycles. The second-order valence-corrected chi connectivity index (χ2v) is 4.23. The van der Waals surface area contributed by atoms with Crippen molar-refractivity contribution in [3.8, 4) is 0 Å². The number of carbonyl (C=O) groups is 2. The Bertz CT molecular complexity index is 448. The third kappa shape index (κ3) is 5.87. The van der Waals surface area contributed by atoms with Crippen LogP contribution in [0.3, 0.4) is 0 Å². The van der Waals surface area contributed by atoms with Gasteiger partial charge in [0.2, 0.25) is 0 Å². The highest BCUT2D eigenvalue weighted by Crippen LogP contribution is 2.11. The van der Waals surface area contributed by atoms with Gasteiger partial charge in [0.05, 0.1) is 13.0 Å². The molecule has 0 aliphatic carbocycles. The van der Waals surface area contributed by atoms with Gasteiger partial charge in [0.25, 0.3) is 0 Å². The highest BCUT2D eigenvalue weighted by atomic mass is 16.5. The number of urea groups is 1. The molecule has 0 fully saturated rings. The van der Waals surface area contributed by atoms with Gasteiger partial charge in [-0.2, -0.15) is 0 Å². The van der Waals surface area contributed by atoms with Gasteiger partial charge in [0.15, 0.2) is 0 Å². The van der Waals surface area contributed by atoms with Crippen molar-refractivity contribution in [2.24, 2.45) is 0 Å². The molecule has 1 aromatic carbocycles. The van der Waals surface area contributed by atoms with E-state index in [2.05, 4.69) is 10.6 Å². The number of anilines is 1. The average Bonchev–Trinajstić information content (AvgIpc) is 2.28. The van der Waals surface area contributed by atoms with E-state index in [0.29, 0.717) is 12.3 Å². The molecule has 6 heteroatoms. The summed E-state index contributed by atoms with van der Waals surface area (Å²) in [4.78, 5) is 22.1. The number of hydrogen-bond acceptors (Lipinski definition) is 3. The Hall–Kier alpha value is -2.08. The smallest absolute Gasteiger partial charge is 0.319 e. The van der Waals surface area contributed by atoms with Crippen molar-refractivity contribution in [1.82, 2.24) is 5.32 Å². The van der Waals surface area contributed by atoms with E-state index in [4.69, 9.17) is 9.84 Å². The number of benzene rings is 1. The van der Waals surface area contributed by atoms with E-state index in [1.165, 1.54) is 0 Å². The number of nitrogens with one attached hydrogen (secondary N) is 2. The van der Waals surface area contributed by atoms with Crippen LogP contribution in [0.1, 0.15) is 18.9 Å². The van der Waals surface area contributed by atoms with Crippen LogP contribution < -0.4 is 10.6 Å². The lowest BCUT2D eigenvalue weighted by Crippen LogP contribution is -2.37. The Labute approximate surface area is 111 Å². The molecule has 0 bridgehead atoms. The van der Waals surface area contributed by atoms with Crippen LogP contribution in [0.25, 0.3) is 0 Å². The van der Waals surface area contributed by atoms with Gasteiger partial charge in [-0.1, -0.05) is 12.1 Å². The van der Waals surface area contributed by atoms with Gasteiger partial charge in [0.1, 0.15) is 0 Å². The molecule has 1 unspecified atom stereocenters. The van der Waals surface area contributed by atoms with Crippen LogP contribution in [0, 0.1) is 0 Å². The molecule has 0 heterocycles. The molecule has 1 aromatic rings. The summed E-state index contributed by atoms with van der Waals surface area (Å²) in [7, 11) is 1.60. The Morgan fingerprint density at radius 2 is 2.16 bits per heavy atom. The monoisotopic (exact) mass is 266 g/mol. The number of hydrogen-bond donors (Lipinski definition) is 3. The molecular formula is C13H18N2O4. The van der Waals surface area contributed by atoms with Crippen molar-refractivity contribution in [3.63, 3.8) is 0 Å². The van der Waals surface area contributed by atoms with Gasteiger partial charge in [0, 0.05) is 18.8 Å². The lowest BCUT2D eigenvalue weighted by Gasteiger charge is -2.13. The van der Waals surface area contributed by atoms with Crippen LogP contribution in [-0.2, 0) is 16.1 Å². The summed E-state index contributed by atoms with van der Waals surface area (Å²) in [6.45, 7) is 2.10. The molecule has 0 spiro atoms. The summed E-state index contributed by atoms with van der Waals surface area (Å²) in [5.41, 5.74) is 1.58. The first-order valence-corrected chi connectivity index (χ1v) is 5.88. The maximum atomic E-state index is 11.6. The van der Waals surface area contributed by atoms with E-state index in [1.807, 2.05) is 12.1 Å². The number of rotatable bonds is 6. The van der Waals surface area contributed by atoms with Gasteiger partial charge in [-0.05, 0) is 24.6 Å². The van der Waals surface area contributed by atoms with Gasteiger partial charge in [-0.3, -0.25) is 4.79 Å². The van der Waals surface area contributed by atoms with E-state index < -0.39 is 18.0 Å². The number of ether oxygens (including phenoxy) is 1. The second kappa shape index (κ2) is 7.38. The summed E-state index contributed by atoms with van der Waals surface area (Å²) in [6.07, 6.45) is -0.114. The van der Waals surface area contributed by atoms with E-state index in [0.717, 1.165) is 5.56 Å². The quantitative estimate of drug-likeness (QED) is 0.732. The van der Waals surface area contributed by atoms with Crippen LogP contribution in [0.15, 0.2) is 24.3 Å². The summed E-state index contributed by atoms with van der Waals surface area (Å²) < 4.78 is 5.00. The second-order valence-electron chi connectivity index (χ2n) is 4.23. The first-order valence-electron chi connectivity index (χ1n) is 5.88. The Kier molecular flexibility index (Phi) is 5.81. The third-order valence-electron chi connectivity index (χ3n) is 2.35. The molecule has 1 atom stereocenters. The number of amides is 2. The SMILES string of the molecule is COCc1cccc(NC(=O)NC(C)CC(=O)O)c1. The van der Waals surface area contributed by atoms with E-state index in [1.54, 1.807) is 26.2 Å². The van der Waals surface area contributed by atoms with Crippen molar-refractivity contribution in [2.45, 2.75) is 26.0 Å². The van der Waals surface area contributed by atoms with Crippen molar-refractivity contribution in [2.75, 3.05) is 12.4 Å². The van der Waals surface area contributed by atoms with E-state index >= 15 is 0 Å². The molecule has 19 heavy (non-hydrogen) atoms. The van der Waals surface area contributed by atoms with Gasteiger partial charge < -0.3 is 20.5 Å². The largest absolute Gasteiger partial charge is 0.481 e.